The lowest BCUT2D eigenvalue weighted by Gasteiger charge is -1.88. The fraction of sp³-hybridized carbons (Fsp3) is 0.667. The van der Waals surface area contributed by atoms with E-state index in [9.17, 15) is 0 Å². The first kappa shape index (κ1) is 8.43. The van der Waals surface area contributed by atoms with Gasteiger partial charge in [-0.3, -0.25) is 0 Å². The van der Waals surface area contributed by atoms with Crippen LogP contribution in [0.3, 0.4) is 0 Å². The van der Waals surface area contributed by atoms with E-state index in [4.69, 9.17) is 5.11 Å². The molecule has 0 amide bonds. The second kappa shape index (κ2) is 7.43. The number of aliphatic hydroxyl groups excluding tert-OH is 1. The Morgan fingerprint density at radius 1 is 1.38 bits per heavy atom. The summed E-state index contributed by atoms with van der Waals surface area (Å²) < 4.78 is 2.01. The molecule has 2 heteroatoms. The number of halogens is 1. The highest BCUT2D eigenvalue weighted by molar-refractivity contribution is 14.1. The van der Waals surface area contributed by atoms with E-state index in [-0.39, 0.29) is 0 Å². The molecule has 0 aromatic heterocycles. The van der Waals surface area contributed by atoms with Gasteiger partial charge in [0.1, 0.15) is 0 Å². The van der Waals surface area contributed by atoms with Crippen LogP contribution in [0.25, 0.3) is 0 Å². The molecule has 0 aliphatic rings. The Bertz CT molecular complexity index is 61.5. The molecule has 8 heavy (non-hydrogen) atoms. The highest BCUT2D eigenvalue weighted by Gasteiger charge is 1.79. The number of unbranched alkanes of at least 4 members (excludes halogenated alkanes) is 2. The molecule has 0 aromatic carbocycles. The smallest absolute Gasteiger partial charge is 0.0431 e. The maximum atomic E-state index is 8.34. The molecule has 0 fully saturated rings. The first-order valence-electron chi connectivity index (χ1n) is 2.78. The summed E-state index contributed by atoms with van der Waals surface area (Å²) in [4.78, 5) is 0. The first-order chi connectivity index (χ1) is 3.91. The molecule has 0 rings (SSSR count). The summed E-state index contributed by atoms with van der Waals surface area (Å²) in [7, 11) is 0. The minimum Gasteiger partial charge on any atom is -0.396 e. The van der Waals surface area contributed by atoms with Crippen LogP contribution < -0.4 is 0 Å². The second-order valence-electron chi connectivity index (χ2n) is 1.58. The van der Waals surface area contributed by atoms with Gasteiger partial charge in [0.15, 0.2) is 0 Å². The van der Waals surface area contributed by atoms with Crippen molar-refractivity contribution >= 4 is 22.6 Å². The van der Waals surface area contributed by atoms with E-state index in [0.717, 1.165) is 19.3 Å². The number of allylic oxidation sites excluding steroid dienone is 1. The van der Waals surface area contributed by atoms with Gasteiger partial charge < -0.3 is 5.11 Å². The lowest BCUT2D eigenvalue weighted by Crippen LogP contribution is -1.79. The lowest BCUT2D eigenvalue weighted by atomic mass is 10.2. The van der Waals surface area contributed by atoms with Gasteiger partial charge in [0.05, 0.1) is 0 Å². The zero-order chi connectivity index (χ0) is 6.24. The van der Waals surface area contributed by atoms with Crippen LogP contribution in [0.15, 0.2) is 10.2 Å². The molecule has 0 bridgehead atoms. The van der Waals surface area contributed by atoms with E-state index in [1.165, 1.54) is 0 Å². The largest absolute Gasteiger partial charge is 0.396 e. The predicted octanol–water partition coefficient (Wildman–Crippen LogP) is 2.10. The molecule has 0 heterocycles. The fourth-order valence-corrected chi connectivity index (χ4v) is 0.797. The zero-order valence-corrected chi connectivity index (χ0v) is 6.97. The fourth-order valence-electron chi connectivity index (χ4n) is 0.437. The number of rotatable bonds is 4. The van der Waals surface area contributed by atoms with E-state index in [2.05, 4.69) is 28.7 Å². The van der Waals surface area contributed by atoms with Crippen LogP contribution in [-0.4, -0.2) is 11.7 Å². The molecule has 0 saturated carbocycles. The van der Waals surface area contributed by atoms with Crippen LogP contribution in [0.4, 0.5) is 0 Å². The molecule has 48 valence electrons. The highest BCUT2D eigenvalue weighted by Crippen LogP contribution is 1.96. The molecular formula is C6H11IO. The van der Waals surface area contributed by atoms with Crippen LogP contribution in [0.5, 0.6) is 0 Å². The third kappa shape index (κ3) is 6.43. The Kier molecular flexibility index (Phi) is 7.83. The van der Waals surface area contributed by atoms with E-state index in [0.29, 0.717) is 6.61 Å². The number of aliphatic hydroxyl groups is 1. The third-order valence-corrected chi connectivity index (χ3v) is 1.38. The minimum atomic E-state index is 0.328. The topological polar surface area (TPSA) is 20.2 Å². The molecule has 0 aromatic rings. The number of hydrogen-bond donors (Lipinski definition) is 1. The van der Waals surface area contributed by atoms with Crippen molar-refractivity contribution in [2.45, 2.75) is 19.3 Å². The quantitative estimate of drug-likeness (QED) is 0.574. The predicted molar refractivity (Wildman–Crippen MR) is 44.1 cm³/mol. The third-order valence-electron chi connectivity index (χ3n) is 0.868. The maximum Gasteiger partial charge on any atom is 0.0431 e. The molecule has 0 aliphatic heterocycles. The van der Waals surface area contributed by atoms with E-state index in [1.807, 2.05) is 4.08 Å². The summed E-state index contributed by atoms with van der Waals surface area (Å²) in [6.07, 6.45) is 5.25. The van der Waals surface area contributed by atoms with Crippen molar-refractivity contribution in [1.82, 2.24) is 0 Å². The summed E-state index contributed by atoms with van der Waals surface area (Å²) in [5.41, 5.74) is 0. The van der Waals surface area contributed by atoms with E-state index < -0.39 is 0 Å². The van der Waals surface area contributed by atoms with Crippen LogP contribution in [-0.2, 0) is 0 Å². The normalized spacial score (nSPS) is 10.8. The molecule has 0 radical (unpaired) electrons. The Labute approximate surface area is 63.9 Å². The Morgan fingerprint density at radius 3 is 2.62 bits per heavy atom. The lowest BCUT2D eigenvalue weighted by molar-refractivity contribution is 0.285. The average Bonchev–Trinajstić information content (AvgIpc) is 1.81. The summed E-state index contributed by atoms with van der Waals surface area (Å²) in [5, 5.41) is 8.34. The SMILES string of the molecule is OCCCC/C=C\I. The van der Waals surface area contributed by atoms with Crippen LogP contribution >= 0.6 is 22.6 Å². The van der Waals surface area contributed by atoms with E-state index in [1.54, 1.807) is 0 Å². The monoisotopic (exact) mass is 226 g/mol. The summed E-state index contributed by atoms with van der Waals surface area (Å²) >= 11 is 2.20. The molecular weight excluding hydrogens is 215 g/mol. The molecule has 1 nitrogen and oxygen atoms in total. The summed E-state index contributed by atoms with van der Waals surface area (Å²) in [5.74, 6) is 0. The van der Waals surface area contributed by atoms with Crippen LogP contribution in [0.2, 0.25) is 0 Å². The van der Waals surface area contributed by atoms with Crippen molar-refractivity contribution in [2.24, 2.45) is 0 Å². The van der Waals surface area contributed by atoms with Gasteiger partial charge in [-0.15, -0.1) is 0 Å². The van der Waals surface area contributed by atoms with Crippen molar-refractivity contribution < 1.29 is 5.11 Å². The molecule has 0 saturated heterocycles. The van der Waals surface area contributed by atoms with Gasteiger partial charge in [-0.2, -0.15) is 0 Å². The van der Waals surface area contributed by atoms with Gasteiger partial charge >= 0.3 is 0 Å². The Hall–Kier alpha value is 0.430. The van der Waals surface area contributed by atoms with Gasteiger partial charge in [0, 0.05) is 6.61 Å². The van der Waals surface area contributed by atoms with Gasteiger partial charge in [-0.25, -0.2) is 0 Å². The van der Waals surface area contributed by atoms with Crippen molar-refractivity contribution in [3.05, 3.63) is 10.2 Å². The van der Waals surface area contributed by atoms with Gasteiger partial charge in [0.25, 0.3) is 0 Å². The molecule has 0 atom stereocenters. The van der Waals surface area contributed by atoms with Crippen LogP contribution in [0.1, 0.15) is 19.3 Å². The van der Waals surface area contributed by atoms with E-state index >= 15 is 0 Å². The number of hydrogen-bond acceptors (Lipinski definition) is 1. The van der Waals surface area contributed by atoms with Crippen molar-refractivity contribution in [3.63, 3.8) is 0 Å². The minimum absolute atomic E-state index is 0.328. The Morgan fingerprint density at radius 2 is 2.12 bits per heavy atom. The highest BCUT2D eigenvalue weighted by atomic mass is 127. The van der Waals surface area contributed by atoms with Crippen molar-refractivity contribution in [2.75, 3.05) is 6.61 Å². The first-order valence-corrected chi connectivity index (χ1v) is 4.02. The van der Waals surface area contributed by atoms with Crippen LogP contribution in [0, 0.1) is 0 Å². The molecule has 0 unspecified atom stereocenters. The zero-order valence-electron chi connectivity index (χ0n) is 4.81. The van der Waals surface area contributed by atoms with Crippen molar-refractivity contribution in [1.29, 1.82) is 0 Å². The van der Waals surface area contributed by atoms with Crippen molar-refractivity contribution in [3.8, 4) is 0 Å². The Balaban J connectivity index is 2.72. The summed E-state index contributed by atoms with van der Waals surface area (Å²) in [6.45, 7) is 0.328. The molecule has 1 N–H and O–H groups in total. The van der Waals surface area contributed by atoms with Gasteiger partial charge in [-0.05, 0) is 23.3 Å². The second-order valence-corrected chi connectivity index (χ2v) is 2.30. The average molecular weight is 226 g/mol. The van der Waals surface area contributed by atoms with Gasteiger partial charge in [-0.1, -0.05) is 28.7 Å². The standard InChI is InChI=1S/C6H11IO/c7-5-3-1-2-4-6-8/h3,5,8H,1-2,4,6H2/b5-3-. The van der Waals surface area contributed by atoms with Gasteiger partial charge in [0.2, 0.25) is 0 Å². The molecule has 0 spiro atoms. The maximum absolute atomic E-state index is 8.34. The summed E-state index contributed by atoms with van der Waals surface area (Å²) in [6, 6.07) is 0. The molecule has 0 aliphatic carbocycles.